The number of ketones is 1. The number of H-pyrrole nitrogens is 1. The van der Waals surface area contributed by atoms with Crippen LogP contribution in [0.2, 0.25) is 0 Å². The van der Waals surface area contributed by atoms with Crippen LogP contribution in [0, 0.1) is 0 Å². The number of carbonyl (C=O) groups is 1. The Bertz CT molecular complexity index is 960. The number of nitrogens with one attached hydrogen (secondary N) is 1. The van der Waals surface area contributed by atoms with E-state index < -0.39 is 42.7 Å². The van der Waals surface area contributed by atoms with E-state index in [2.05, 4.69) is 15.0 Å². The van der Waals surface area contributed by atoms with Crippen molar-refractivity contribution in [2.24, 2.45) is 11.5 Å². The van der Waals surface area contributed by atoms with Crippen LogP contribution in [-0.4, -0.2) is 72.1 Å². The number of fused-ring (bicyclic) bond motifs is 1. The van der Waals surface area contributed by atoms with Gasteiger partial charge >= 0.3 is 0 Å². The van der Waals surface area contributed by atoms with E-state index in [1.165, 1.54) is 4.57 Å². The maximum absolute atomic E-state index is 12.6. The highest BCUT2D eigenvalue weighted by Gasteiger charge is 2.45. The van der Waals surface area contributed by atoms with E-state index in [0.717, 1.165) is 12.8 Å². The molecule has 5 unspecified atom stereocenters. The Balaban J connectivity index is 2.04. The normalized spacial score (nSPS) is 25.1. The summed E-state index contributed by atoms with van der Waals surface area (Å²) >= 11 is 0. The van der Waals surface area contributed by atoms with Gasteiger partial charge in [-0.2, -0.15) is 4.98 Å². The number of nitrogens with two attached hydrogens (primary N) is 3. The van der Waals surface area contributed by atoms with Crippen molar-refractivity contribution >= 4 is 22.9 Å². The van der Waals surface area contributed by atoms with E-state index in [1.807, 2.05) is 0 Å². The van der Waals surface area contributed by atoms with Crippen molar-refractivity contribution in [3.63, 3.8) is 0 Å². The molecule has 166 valence electrons. The molecule has 0 aliphatic carbocycles. The summed E-state index contributed by atoms with van der Waals surface area (Å²) in [5, 5.41) is 30.0. The summed E-state index contributed by atoms with van der Waals surface area (Å²) in [6.07, 6.45) is -2.98. The molecule has 2 aromatic rings. The number of nitrogen functional groups attached to an aromatic ring is 1. The number of Topliss-reactive ketones (excluding diaryl/α,β-unsaturated/α-hetero) is 1. The molecule has 0 bridgehead atoms. The molecule has 30 heavy (non-hydrogen) atoms. The summed E-state index contributed by atoms with van der Waals surface area (Å²) in [5.41, 5.74) is 16.4. The van der Waals surface area contributed by atoms with Crippen LogP contribution >= 0.6 is 0 Å². The van der Waals surface area contributed by atoms with Gasteiger partial charge in [0.2, 0.25) is 5.95 Å². The van der Waals surface area contributed by atoms with Gasteiger partial charge in [0.05, 0.1) is 6.61 Å². The number of rotatable bonds is 9. The number of imidazole rings is 1. The van der Waals surface area contributed by atoms with E-state index in [0.29, 0.717) is 13.0 Å². The fraction of sp³-hybridized carbons (Fsp3) is 0.647. The topological polar surface area (TPSA) is 229 Å². The van der Waals surface area contributed by atoms with E-state index in [9.17, 15) is 24.9 Å². The molecule has 2 aromatic heterocycles. The van der Waals surface area contributed by atoms with Gasteiger partial charge in [-0.1, -0.05) is 6.42 Å². The molecule has 13 nitrogen and oxygen atoms in total. The number of aliphatic hydroxyl groups is 3. The molecule has 1 saturated heterocycles. The first kappa shape index (κ1) is 22.3. The largest absolute Gasteiger partial charge is 0.394 e. The van der Waals surface area contributed by atoms with Gasteiger partial charge in [-0.15, -0.1) is 0 Å². The summed E-state index contributed by atoms with van der Waals surface area (Å²) in [4.78, 5) is 35.5. The lowest BCUT2D eigenvalue weighted by Gasteiger charge is -2.21. The summed E-state index contributed by atoms with van der Waals surface area (Å²) in [6, 6.07) is -1.24. The Morgan fingerprint density at radius 3 is 2.60 bits per heavy atom. The Morgan fingerprint density at radius 2 is 1.97 bits per heavy atom. The third-order valence-electron chi connectivity index (χ3n) is 5.12. The minimum atomic E-state index is -1.49. The number of unbranched alkanes of at least 4 members (excludes halogenated alkanes) is 2. The van der Waals surface area contributed by atoms with Crippen molar-refractivity contribution in [2.75, 3.05) is 18.9 Å². The zero-order valence-corrected chi connectivity index (χ0v) is 16.3. The van der Waals surface area contributed by atoms with Gasteiger partial charge in [-0.25, -0.2) is 4.98 Å². The highest BCUT2D eigenvalue weighted by molar-refractivity contribution is 5.85. The number of ether oxygens (including phenoxy) is 1. The number of aromatic amines is 1. The highest BCUT2D eigenvalue weighted by Crippen LogP contribution is 2.34. The SMILES string of the molecule is NCCCCCC(=O)C(N)c1nc2c(=O)[nH]c(N)nc2n1C1OC(CO)C(O)C1O. The number of hydrogen-bond acceptors (Lipinski definition) is 11. The first-order valence-electron chi connectivity index (χ1n) is 9.68. The molecule has 5 atom stereocenters. The molecule has 3 rings (SSSR count). The van der Waals surface area contributed by atoms with Crippen molar-refractivity contribution in [1.29, 1.82) is 0 Å². The molecule has 1 fully saturated rings. The van der Waals surface area contributed by atoms with E-state index in [4.69, 9.17) is 21.9 Å². The maximum atomic E-state index is 12.6. The van der Waals surface area contributed by atoms with Gasteiger partial charge in [-0.3, -0.25) is 19.1 Å². The number of nitrogens with zero attached hydrogens (tertiary/aromatic N) is 3. The minimum absolute atomic E-state index is 0.0625. The number of anilines is 1. The number of aromatic nitrogens is 4. The van der Waals surface area contributed by atoms with Gasteiger partial charge in [0.1, 0.15) is 30.2 Å². The molecular formula is C17H27N7O6. The lowest BCUT2D eigenvalue weighted by atomic mass is 10.1. The van der Waals surface area contributed by atoms with Crippen LogP contribution < -0.4 is 22.8 Å². The van der Waals surface area contributed by atoms with Crippen molar-refractivity contribution in [2.45, 2.75) is 56.3 Å². The Hall–Kier alpha value is -2.42. The third kappa shape index (κ3) is 4.08. The number of carbonyl (C=O) groups excluding carboxylic acids is 1. The van der Waals surface area contributed by atoms with Crippen LogP contribution in [-0.2, 0) is 9.53 Å². The third-order valence-corrected chi connectivity index (χ3v) is 5.12. The zero-order chi connectivity index (χ0) is 22.0. The van der Waals surface area contributed by atoms with Crippen molar-refractivity contribution in [1.82, 2.24) is 19.5 Å². The minimum Gasteiger partial charge on any atom is -0.394 e. The Morgan fingerprint density at radius 1 is 1.23 bits per heavy atom. The summed E-state index contributed by atoms with van der Waals surface area (Å²) < 4.78 is 6.74. The molecule has 0 spiro atoms. The second-order valence-corrected chi connectivity index (χ2v) is 7.24. The van der Waals surface area contributed by atoms with Crippen LogP contribution in [0.1, 0.15) is 43.8 Å². The van der Waals surface area contributed by atoms with Crippen LogP contribution in [0.3, 0.4) is 0 Å². The van der Waals surface area contributed by atoms with Gasteiger partial charge in [-0.05, 0) is 19.4 Å². The monoisotopic (exact) mass is 425 g/mol. The maximum Gasteiger partial charge on any atom is 0.280 e. The standard InChI is InChI=1S/C17H27N7O6/c18-5-3-1-2-4-7(26)9(19)13-21-10-14(22-17(20)23-15(10)29)24(13)16-12(28)11(27)8(6-25)30-16/h8-9,11-12,16,25,27-28H,1-6,18-19H2,(H3,20,22,23,29). The van der Waals surface area contributed by atoms with Gasteiger partial charge < -0.3 is 37.3 Å². The van der Waals surface area contributed by atoms with Crippen molar-refractivity contribution in [3.8, 4) is 0 Å². The molecule has 13 heteroatoms. The first-order valence-corrected chi connectivity index (χ1v) is 9.68. The van der Waals surface area contributed by atoms with Gasteiger partial charge in [0, 0.05) is 6.42 Å². The molecule has 10 N–H and O–H groups in total. The second kappa shape index (κ2) is 9.16. The first-order chi connectivity index (χ1) is 14.3. The van der Waals surface area contributed by atoms with Crippen LogP contribution in [0.4, 0.5) is 5.95 Å². The average molecular weight is 425 g/mol. The fourth-order valence-electron chi connectivity index (χ4n) is 3.50. The molecule has 0 aromatic carbocycles. The van der Waals surface area contributed by atoms with Gasteiger partial charge in [0.25, 0.3) is 5.56 Å². The Labute approximate surface area is 170 Å². The van der Waals surface area contributed by atoms with Crippen LogP contribution in [0.25, 0.3) is 11.2 Å². The summed E-state index contributed by atoms with van der Waals surface area (Å²) in [7, 11) is 0. The lowest BCUT2D eigenvalue weighted by molar-refractivity contribution is -0.121. The quantitative estimate of drug-likeness (QED) is 0.206. The second-order valence-electron chi connectivity index (χ2n) is 7.24. The summed E-state index contributed by atoms with van der Waals surface area (Å²) in [6.45, 7) is -0.0316. The predicted molar refractivity (Wildman–Crippen MR) is 105 cm³/mol. The van der Waals surface area contributed by atoms with E-state index >= 15 is 0 Å². The van der Waals surface area contributed by atoms with Crippen LogP contribution in [0.15, 0.2) is 4.79 Å². The smallest absolute Gasteiger partial charge is 0.280 e. The highest BCUT2D eigenvalue weighted by atomic mass is 16.6. The van der Waals surface area contributed by atoms with Crippen molar-refractivity contribution < 1.29 is 24.9 Å². The molecule has 0 saturated carbocycles. The van der Waals surface area contributed by atoms with E-state index in [1.54, 1.807) is 0 Å². The predicted octanol–water partition coefficient (Wildman–Crippen LogP) is -2.60. The number of hydrogen-bond donors (Lipinski definition) is 7. The fourth-order valence-corrected chi connectivity index (χ4v) is 3.50. The van der Waals surface area contributed by atoms with E-state index in [-0.39, 0.29) is 35.1 Å². The molecule has 1 aliphatic rings. The van der Waals surface area contributed by atoms with Crippen LogP contribution in [0.5, 0.6) is 0 Å². The molecule has 0 amide bonds. The molecule has 3 heterocycles. The Kier molecular flexibility index (Phi) is 6.80. The molecular weight excluding hydrogens is 398 g/mol. The van der Waals surface area contributed by atoms with Crippen molar-refractivity contribution in [3.05, 3.63) is 16.2 Å². The molecule has 1 aliphatic heterocycles. The average Bonchev–Trinajstić information content (AvgIpc) is 3.22. The molecule has 0 radical (unpaired) electrons. The summed E-state index contributed by atoms with van der Waals surface area (Å²) in [5.74, 6) is -0.611. The van der Waals surface area contributed by atoms with Gasteiger partial charge in [0.15, 0.2) is 23.2 Å². The zero-order valence-electron chi connectivity index (χ0n) is 16.3. The lowest BCUT2D eigenvalue weighted by Crippen LogP contribution is -2.34. The number of aliphatic hydroxyl groups excluding tert-OH is 3.